The molecule has 14 heavy (non-hydrogen) atoms. The van der Waals surface area contributed by atoms with Crippen LogP contribution in [0.1, 0.15) is 18.7 Å². The predicted molar refractivity (Wildman–Crippen MR) is 65.1 cm³/mol. The van der Waals surface area contributed by atoms with Crippen LogP contribution in [0.5, 0.6) is 0 Å². The molecule has 1 aliphatic heterocycles. The van der Waals surface area contributed by atoms with E-state index in [9.17, 15) is 0 Å². The van der Waals surface area contributed by atoms with Gasteiger partial charge in [0.05, 0.1) is 18.7 Å². The molecule has 5 heteroatoms. The van der Waals surface area contributed by atoms with Crippen molar-refractivity contribution >= 4 is 49.1 Å². The lowest BCUT2D eigenvalue weighted by molar-refractivity contribution is 0.280. The van der Waals surface area contributed by atoms with E-state index in [0.717, 1.165) is 13.1 Å². The fourth-order valence-electron chi connectivity index (χ4n) is 1.11. The normalized spacial score (nSPS) is 19.3. The van der Waals surface area contributed by atoms with E-state index in [4.69, 9.17) is 4.74 Å². The van der Waals surface area contributed by atoms with Gasteiger partial charge < -0.3 is 4.74 Å². The Morgan fingerprint density at radius 3 is 2.64 bits per heavy atom. The third-order valence-corrected chi connectivity index (χ3v) is 4.88. The second-order valence-electron chi connectivity index (χ2n) is 3.66. The number of aliphatic imine (C=N–C) groups is 1. The summed E-state index contributed by atoms with van der Waals surface area (Å²) in [5.41, 5.74) is -0.105. The highest BCUT2D eigenvalue weighted by molar-refractivity contribution is 9.13. The number of thiophene rings is 1. The maximum Gasteiger partial charge on any atom is 0.227 e. The molecular formula is C9H8Br2NOS. The van der Waals surface area contributed by atoms with Gasteiger partial charge in [-0.05, 0) is 45.7 Å². The van der Waals surface area contributed by atoms with E-state index in [1.165, 1.54) is 0 Å². The number of hydrogen-bond donors (Lipinski definition) is 0. The number of halogens is 2. The quantitative estimate of drug-likeness (QED) is 0.766. The number of nitrogens with zero attached hydrogens (tertiary/aromatic N) is 1. The highest BCUT2D eigenvalue weighted by Crippen LogP contribution is 2.34. The van der Waals surface area contributed by atoms with E-state index in [1.807, 2.05) is 0 Å². The zero-order valence-electron chi connectivity index (χ0n) is 7.73. The lowest BCUT2D eigenvalue weighted by Crippen LogP contribution is -2.17. The van der Waals surface area contributed by atoms with Crippen LogP contribution >= 0.6 is 43.2 Å². The fraction of sp³-hybridized carbons (Fsp3) is 0.444. The molecule has 0 N–H and O–H groups in total. The first-order chi connectivity index (χ1) is 6.48. The summed E-state index contributed by atoms with van der Waals surface area (Å²) in [6, 6.07) is 3.16. The zero-order valence-corrected chi connectivity index (χ0v) is 11.7. The second kappa shape index (κ2) is 3.61. The van der Waals surface area contributed by atoms with Crippen molar-refractivity contribution in [1.82, 2.24) is 0 Å². The van der Waals surface area contributed by atoms with E-state index in [-0.39, 0.29) is 5.54 Å². The topological polar surface area (TPSA) is 21.6 Å². The molecule has 1 aromatic heterocycles. The summed E-state index contributed by atoms with van der Waals surface area (Å²) < 4.78 is 7.45. The molecule has 0 spiro atoms. The van der Waals surface area contributed by atoms with Gasteiger partial charge in [0.25, 0.3) is 0 Å². The van der Waals surface area contributed by atoms with Crippen molar-refractivity contribution in [1.29, 1.82) is 0 Å². The molecule has 0 saturated carbocycles. The lowest BCUT2D eigenvalue weighted by Gasteiger charge is -2.07. The van der Waals surface area contributed by atoms with Gasteiger partial charge in [-0.2, -0.15) is 0 Å². The first-order valence-electron chi connectivity index (χ1n) is 4.08. The molecular weight excluding hydrogens is 330 g/mol. The highest BCUT2D eigenvalue weighted by atomic mass is 79.9. The van der Waals surface area contributed by atoms with Gasteiger partial charge in [0.1, 0.15) is 6.61 Å². The van der Waals surface area contributed by atoms with Gasteiger partial charge >= 0.3 is 0 Å². The van der Waals surface area contributed by atoms with E-state index in [1.54, 1.807) is 11.3 Å². The van der Waals surface area contributed by atoms with Crippen molar-refractivity contribution < 1.29 is 4.74 Å². The molecule has 1 radical (unpaired) electrons. The largest absolute Gasteiger partial charge is 0.474 e. The molecule has 0 amide bonds. The van der Waals surface area contributed by atoms with E-state index >= 15 is 0 Å². The molecule has 0 aliphatic carbocycles. The van der Waals surface area contributed by atoms with Crippen molar-refractivity contribution in [2.45, 2.75) is 19.4 Å². The molecule has 0 unspecified atom stereocenters. The molecule has 2 rings (SSSR count). The third-order valence-electron chi connectivity index (χ3n) is 1.75. The first-order valence-corrected chi connectivity index (χ1v) is 6.48. The second-order valence-corrected chi connectivity index (χ2v) is 6.79. The SMILES string of the molecule is CC1(C)COC(c2[c]c(Br)c(Br)s2)=N1. The van der Waals surface area contributed by atoms with Gasteiger partial charge in [-0.3, -0.25) is 0 Å². The molecule has 0 atom stereocenters. The molecule has 0 saturated heterocycles. The van der Waals surface area contributed by atoms with Crippen LogP contribution in [0.15, 0.2) is 13.3 Å². The molecule has 2 heterocycles. The Hall–Kier alpha value is 0.130. The van der Waals surface area contributed by atoms with Crippen LogP contribution < -0.4 is 0 Å². The molecule has 1 aliphatic rings. The van der Waals surface area contributed by atoms with Gasteiger partial charge in [0.2, 0.25) is 5.90 Å². The Morgan fingerprint density at radius 1 is 1.50 bits per heavy atom. The lowest BCUT2D eigenvalue weighted by atomic mass is 10.1. The van der Waals surface area contributed by atoms with Crippen molar-refractivity contribution in [2.75, 3.05) is 6.61 Å². The Kier molecular flexibility index (Phi) is 2.74. The Balaban J connectivity index is 2.33. The fourth-order valence-corrected chi connectivity index (χ4v) is 2.93. The average molecular weight is 338 g/mol. The molecule has 1 aromatic rings. The summed E-state index contributed by atoms with van der Waals surface area (Å²) in [5, 5.41) is 0. The van der Waals surface area contributed by atoms with Crippen molar-refractivity contribution in [3.63, 3.8) is 0 Å². The van der Waals surface area contributed by atoms with Crippen LogP contribution in [0.25, 0.3) is 0 Å². The van der Waals surface area contributed by atoms with Crippen LogP contribution in [-0.2, 0) is 4.74 Å². The van der Waals surface area contributed by atoms with E-state index < -0.39 is 0 Å². The average Bonchev–Trinajstić information content (AvgIpc) is 2.57. The van der Waals surface area contributed by atoms with E-state index in [2.05, 4.69) is 56.8 Å². The van der Waals surface area contributed by atoms with Gasteiger partial charge in [-0.15, -0.1) is 11.3 Å². The molecule has 2 nitrogen and oxygen atoms in total. The first kappa shape index (κ1) is 10.6. The number of hydrogen-bond acceptors (Lipinski definition) is 3. The minimum Gasteiger partial charge on any atom is -0.474 e. The predicted octanol–water partition coefficient (Wildman–Crippen LogP) is 3.63. The minimum absolute atomic E-state index is 0.105. The van der Waals surface area contributed by atoms with Crippen LogP contribution in [0.2, 0.25) is 0 Å². The van der Waals surface area contributed by atoms with Crippen LogP contribution in [-0.4, -0.2) is 18.0 Å². The van der Waals surface area contributed by atoms with Gasteiger partial charge in [0.15, 0.2) is 0 Å². The Bertz CT molecular complexity index is 378. The molecule has 75 valence electrons. The summed E-state index contributed by atoms with van der Waals surface area (Å²) in [5.74, 6) is 0.700. The summed E-state index contributed by atoms with van der Waals surface area (Å²) in [6.07, 6.45) is 0. The van der Waals surface area contributed by atoms with E-state index in [0.29, 0.717) is 12.5 Å². The smallest absolute Gasteiger partial charge is 0.227 e. The summed E-state index contributed by atoms with van der Waals surface area (Å²) >= 11 is 8.38. The van der Waals surface area contributed by atoms with Crippen molar-refractivity contribution in [3.8, 4) is 0 Å². The highest BCUT2D eigenvalue weighted by Gasteiger charge is 2.28. The maximum atomic E-state index is 5.51. The van der Waals surface area contributed by atoms with Crippen molar-refractivity contribution in [2.24, 2.45) is 4.99 Å². The van der Waals surface area contributed by atoms with Crippen molar-refractivity contribution in [3.05, 3.63) is 19.2 Å². The van der Waals surface area contributed by atoms with Gasteiger partial charge in [-0.1, -0.05) is 0 Å². The summed E-state index contributed by atoms with van der Waals surface area (Å²) in [7, 11) is 0. The number of ether oxygens (including phenoxy) is 1. The maximum absolute atomic E-state index is 5.51. The third kappa shape index (κ3) is 2.04. The minimum atomic E-state index is -0.105. The Morgan fingerprint density at radius 2 is 2.21 bits per heavy atom. The van der Waals surface area contributed by atoms with Gasteiger partial charge in [0, 0.05) is 6.07 Å². The standard InChI is InChI=1S/C9H8Br2NOS/c1-9(2)4-13-8(12-9)6-3-5(10)7(11)14-6/h4H2,1-2H3. The molecule has 0 aromatic carbocycles. The van der Waals surface area contributed by atoms with Crippen LogP contribution in [0, 0.1) is 6.07 Å². The number of rotatable bonds is 1. The summed E-state index contributed by atoms with van der Waals surface area (Å²) in [4.78, 5) is 5.42. The Labute approximate surface area is 104 Å². The summed E-state index contributed by atoms with van der Waals surface area (Å²) in [6.45, 7) is 4.75. The molecule has 0 fully saturated rings. The zero-order chi connectivity index (χ0) is 10.3. The van der Waals surface area contributed by atoms with Crippen LogP contribution in [0.3, 0.4) is 0 Å². The molecule has 0 bridgehead atoms. The van der Waals surface area contributed by atoms with Crippen LogP contribution in [0.4, 0.5) is 0 Å². The monoisotopic (exact) mass is 336 g/mol. The van der Waals surface area contributed by atoms with Gasteiger partial charge in [-0.25, -0.2) is 4.99 Å².